The maximum absolute atomic E-state index is 11.4. The third-order valence-corrected chi connectivity index (χ3v) is 2.51. The molecule has 0 radical (unpaired) electrons. The van der Waals surface area contributed by atoms with E-state index in [4.69, 9.17) is 9.15 Å². The van der Waals surface area contributed by atoms with Gasteiger partial charge >= 0.3 is 0 Å². The van der Waals surface area contributed by atoms with Crippen LogP contribution in [0.4, 0.5) is 0 Å². The van der Waals surface area contributed by atoms with Gasteiger partial charge in [0.1, 0.15) is 11.5 Å². The normalized spacial score (nSPS) is 10.6. The maximum atomic E-state index is 11.4. The number of halogens is 1. The Bertz CT molecular complexity index is 566. The van der Waals surface area contributed by atoms with E-state index in [9.17, 15) is 4.79 Å². The van der Waals surface area contributed by atoms with E-state index in [2.05, 4.69) is 26.5 Å². The zero-order valence-corrected chi connectivity index (χ0v) is 11.5. The number of rotatable bonds is 5. The van der Waals surface area contributed by atoms with Crippen LogP contribution in [0.1, 0.15) is 5.76 Å². The molecule has 0 aliphatic carbocycles. The third kappa shape index (κ3) is 4.59. The summed E-state index contributed by atoms with van der Waals surface area (Å²) in [7, 11) is 0. The molecule has 5 nitrogen and oxygen atoms in total. The highest BCUT2D eigenvalue weighted by molar-refractivity contribution is 9.10. The van der Waals surface area contributed by atoms with Crippen molar-refractivity contribution in [2.24, 2.45) is 5.10 Å². The first-order chi connectivity index (χ1) is 9.24. The second-order valence-electron chi connectivity index (χ2n) is 3.54. The molecule has 0 aliphatic rings. The molecule has 19 heavy (non-hydrogen) atoms. The Labute approximate surface area is 118 Å². The second kappa shape index (κ2) is 6.75. The number of carbonyl (C=O) groups is 1. The lowest BCUT2D eigenvalue weighted by Gasteiger charge is -2.03. The molecule has 0 aliphatic heterocycles. The number of amides is 1. The molecule has 1 amide bonds. The summed E-state index contributed by atoms with van der Waals surface area (Å²) < 4.78 is 11.0. The zero-order chi connectivity index (χ0) is 13.5. The van der Waals surface area contributed by atoms with Crippen LogP contribution in [0.3, 0.4) is 0 Å². The average Bonchev–Trinajstić information content (AvgIpc) is 2.83. The first-order valence-electron chi connectivity index (χ1n) is 5.49. The predicted octanol–water partition coefficient (Wildman–Crippen LogP) is 2.57. The van der Waals surface area contributed by atoms with Gasteiger partial charge in [0.25, 0.3) is 5.91 Å². The molecule has 0 spiro atoms. The molecule has 0 saturated carbocycles. The Morgan fingerprint density at radius 2 is 2.11 bits per heavy atom. The molecule has 0 unspecified atom stereocenters. The molecule has 0 atom stereocenters. The van der Waals surface area contributed by atoms with Gasteiger partial charge in [0.2, 0.25) is 0 Å². The van der Waals surface area contributed by atoms with E-state index < -0.39 is 0 Å². The molecule has 98 valence electrons. The Kier molecular flexibility index (Phi) is 4.74. The summed E-state index contributed by atoms with van der Waals surface area (Å²) in [5.41, 5.74) is 2.34. The minimum Gasteiger partial charge on any atom is -0.484 e. The van der Waals surface area contributed by atoms with Crippen molar-refractivity contribution in [1.82, 2.24) is 5.43 Å². The summed E-state index contributed by atoms with van der Waals surface area (Å²) in [6.07, 6.45) is 1.41. The predicted molar refractivity (Wildman–Crippen MR) is 74.1 cm³/mol. The van der Waals surface area contributed by atoms with Crippen LogP contribution in [-0.4, -0.2) is 18.7 Å². The number of hydrogen-bond acceptors (Lipinski definition) is 4. The van der Waals surface area contributed by atoms with Gasteiger partial charge in [-0.2, -0.15) is 5.10 Å². The fourth-order valence-electron chi connectivity index (χ4n) is 1.26. The summed E-state index contributed by atoms with van der Waals surface area (Å²) in [6, 6.07) is 12.6. The number of benzene rings is 1. The van der Waals surface area contributed by atoms with E-state index in [0.717, 1.165) is 0 Å². The number of ether oxygens (including phenoxy) is 1. The van der Waals surface area contributed by atoms with E-state index in [1.54, 1.807) is 24.3 Å². The smallest absolute Gasteiger partial charge is 0.277 e. The largest absolute Gasteiger partial charge is 0.484 e. The van der Waals surface area contributed by atoms with E-state index in [1.165, 1.54) is 6.21 Å². The highest BCUT2D eigenvalue weighted by Gasteiger charge is 2.01. The van der Waals surface area contributed by atoms with E-state index in [1.807, 2.05) is 18.2 Å². The number of furan rings is 1. The molecule has 6 heteroatoms. The van der Waals surface area contributed by atoms with Gasteiger partial charge in [0.05, 0.1) is 6.21 Å². The first kappa shape index (κ1) is 13.4. The summed E-state index contributed by atoms with van der Waals surface area (Å²) in [5.74, 6) is 0.832. The van der Waals surface area contributed by atoms with E-state index >= 15 is 0 Å². The first-order valence-corrected chi connectivity index (χ1v) is 6.28. The summed E-state index contributed by atoms with van der Waals surface area (Å²) >= 11 is 3.17. The molecular weight excluding hydrogens is 312 g/mol. The van der Waals surface area contributed by atoms with Crippen molar-refractivity contribution in [2.45, 2.75) is 0 Å². The Hall–Kier alpha value is -2.08. The molecule has 1 heterocycles. The van der Waals surface area contributed by atoms with Crippen LogP contribution in [0.2, 0.25) is 0 Å². The van der Waals surface area contributed by atoms with Crippen LogP contribution >= 0.6 is 15.9 Å². The van der Waals surface area contributed by atoms with Gasteiger partial charge in [0.15, 0.2) is 11.3 Å². The van der Waals surface area contributed by atoms with Gasteiger partial charge in [-0.1, -0.05) is 18.2 Å². The fraction of sp³-hybridized carbons (Fsp3) is 0.0769. The van der Waals surface area contributed by atoms with Crippen molar-refractivity contribution in [3.63, 3.8) is 0 Å². The molecule has 0 bridgehead atoms. The van der Waals surface area contributed by atoms with Gasteiger partial charge in [0, 0.05) is 0 Å². The van der Waals surface area contributed by atoms with E-state index in [-0.39, 0.29) is 12.5 Å². The third-order valence-electron chi connectivity index (χ3n) is 2.09. The van der Waals surface area contributed by atoms with Gasteiger partial charge in [-0.25, -0.2) is 5.43 Å². The number of hydrazone groups is 1. The Morgan fingerprint density at radius 3 is 2.79 bits per heavy atom. The minimum absolute atomic E-state index is 0.0940. The molecule has 0 saturated heterocycles. The molecule has 2 aromatic rings. The lowest BCUT2D eigenvalue weighted by Crippen LogP contribution is -2.24. The van der Waals surface area contributed by atoms with Crippen molar-refractivity contribution in [1.29, 1.82) is 0 Å². The van der Waals surface area contributed by atoms with Crippen LogP contribution < -0.4 is 10.2 Å². The van der Waals surface area contributed by atoms with Crippen molar-refractivity contribution < 1.29 is 13.9 Å². The molecule has 1 aromatic carbocycles. The van der Waals surface area contributed by atoms with Crippen molar-refractivity contribution in [3.8, 4) is 5.75 Å². The van der Waals surface area contributed by atoms with Gasteiger partial charge < -0.3 is 9.15 Å². The number of carbonyl (C=O) groups excluding carboxylic acids is 1. The number of nitrogens with one attached hydrogen (secondary N) is 1. The minimum atomic E-state index is -0.342. The second-order valence-corrected chi connectivity index (χ2v) is 4.32. The van der Waals surface area contributed by atoms with Crippen molar-refractivity contribution in [2.75, 3.05) is 6.61 Å². The van der Waals surface area contributed by atoms with Crippen LogP contribution in [-0.2, 0) is 4.79 Å². The highest BCUT2D eigenvalue weighted by atomic mass is 79.9. The van der Waals surface area contributed by atoms with Crippen molar-refractivity contribution in [3.05, 3.63) is 52.9 Å². The standard InChI is InChI=1S/C13H11BrN2O3/c14-12-7-6-11(19-12)8-15-16-13(17)9-18-10-4-2-1-3-5-10/h1-8H,9H2,(H,16,17)/b15-8+. The number of hydrogen-bond donors (Lipinski definition) is 1. The molecule has 1 aromatic heterocycles. The lowest BCUT2D eigenvalue weighted by molar-refractivity contribution is -0.123. The molecule has 2 rings (SSSR count). The summed E-state index contributed by atoms with van der Waals surface area (Å²) in [5, 5.41) is 3.75. The lowest BCUT2D eigenvalue weighted by atomic mass is 10.3. The van der Waals surface area contributed by atoms with Gasteiger partial charge in [-0.05, 0) is 40.2 Å². The molecule has 0 fully saturated rings. The molecule has 1 N–H and O–H groups in total. The van der Waals surface area contributed by atoms with Crippen LogP contribution in [0, 0.1) is 0 Å². The van der Waals surface area contributed by atoms with Crippen molar-refractivity contribution >= 4 is 28.1 Å². The quantitative estimate of drug-likeness (QED) is 0.679. The monoisotopic (exact) mass is 322 g/mol. The molecular formula is C13H11BrN2O3. The summed E-state index contributed by atoms with van der Waals surface area (Å²) in [6.45, 7) is -0.0940. The van der Waals surface area contributed by atoms with Gasteiger partial charge in [-0.3, -0.25) is 4.79 Å². The topological polar surface area (TPSA) is 63.8 Å². The SMILES string of the molecule is O=C(COc1ccccc1)N/N=C/c1ccc(Br)o1. The van der Waals surface area contributed by atoms with E-state index in [0.29, 0.717) is 16.2 Å². The zero-order valence-electron chi connectivity index (χ0n) is 9.88. The fourth-order valence-corrected chi connectivity index (χ4v) is 1.58. The average molecular weight is 323 g/mol. The maximum Gasteiger partial charge on any atom is 0.277 e. The van der Waals surface area contributed by atoms with Crippen LogP contribution in [0.25, 0.3) is 0 Å². The Morgan fingerprint density at radius 1 is 1.32 bits per heavy atom. The number of para-hydroxylation sites is 1. The number of nitrogens with zero attached hydrogens (tertiary/aromatic N) is 1. The highest BCUT2D eigenvalue weighted by Crippen LogP contribution is 2.12. The van der Waals surface area contributed by atoms with Crippen LogP contribution in [0.5, 0.6) is 5.75 Å². The van der Waals surface area contributed by atoms with Gasteiger partial charge in [-0.15, -0.1) is 0 Å². The van der Waals surface area contributed by atoms with Crippen LogP contribution in [0.15, 0.2) is 56.7 Å². The Balaban J connectivity index is 1.74. The summed E-state index contributed by atoms with van der Waals surface area (Å²) in [4.78, 5) is 11.4.